The molecule has 1 aliphatic rings. The number of fused-ring (bicyclic) bond motifs is 3. The highest BCUT2D eigenvalue weighted by atomic mass is 32.1. The van der Waals surface area contributed by atoms with Gasteiger partial charge in [0, 0.05) is 22.5 Å². The Balaban J connectivity index is 1.59. The molecule has 5 rings (SSSR count). The number of nitrogens with zero attached hydrogens (tertiary/aromatic N) is 1. The van der Waals surface area contributed by atoms with Gasteiger partial charge in [-0.15, -0.1) is 11.3 Å². The minimum Gasteiger partial charge on any atom is -0.454 e. The van der Waals surface area contributed by atoms with Gasteiger partial charge in [-0.05, 0) is 37.1 Å². The minimum atomic E-state index is -0.226. The molecule has 1 amide bonds. The summed E-state index contributed by atoms with van der Waals surface area (Å²) < 4.78 is 10.9. The SMILES string of the molecule is Cc1cccc(C)c1NC(=O)c1sc2nc3cc4c(cc3cc2c1N)OCO4. The number of nitrogens with two attached hydrogens (primary N) is 1. The van der Waals surface area contributed by atoms with E-state index in [2.05, 4.69) is 10.3 Å². The molecule has 3 heterocycles. The molecule has 6 nitrogen and oxygen atoms in total. The molecule has 2 aromatic heterocycles. The van der Waals surface area contributed by atoms with Crippen molar-refractivity contribution >= 4 is 49.7 Å². The van der Waals surface area contributed by atoms with Gasteiger partial charge < -0.3 is 20.5 Å². The first-order valence-corrected chi connectivity index (χ1v) is 9.63. The van der Waals surface area contributed by atoms with E-state index in [1.54, 1.807) is 0 Å². The molecule has 140 valence electrons. The van der Waals surface area contributed by atoms with E-state index < -0.39 is 0 Å². The lowest BCUT2D eigenvalue weighted by Gasteiger charge is -2.10. The normalized spacial score (nSPS) is 12.6. The number of hydrogen-bond donors (Lipinski definition) is 2. The third kappa shape index (κ3) is 2.55. The fraction of sp³-hybridized carbons (Fsp3) is 0.143. The lowest BCUT2D eigenvalue weighted by atomic mass is 10.1. The Labute approximate surface area is 164 Å². The quantitative estimate of drug-likeness (QED) is 0.520. The van der Waals surface area contributed by atoms with Gasteiger partial charge in [-0.2, -0.15) is 0 Å². The summed E-state index contributed by atoms with van der Waals surface area (Å²) in [6.45, 7) is 4.15. The molecule has 0 aliphatic carbocycles. The predicted octanol–water partition coefficient (Wildman–Crippen LogP) is 4.63. The van der Waals surface area contributed by atoms with Crippen molar-refractivity contribution in [3.8, 4) is 11.5 Å². The second-order valence-electron chi connectivity index (χ2n) is 6.81. The number of ether oxygens (including phenoxy) is 2. The van der Waals surface area contributed by atoms with Crippen molar-refractivity contribution < 1.29 is 14.3 Å². The van der Waals surface area contributed by atoms with Gasteiger partial charge in [0.25, 0.3) is 5.91 Å². The summed E-state index contributed by atoms with van der Waals surface area (Å²) in [4.78, 5) is 18.8. The van der Waals surface area contributed by atoms with Crippen LogP contribution in [0.3, 0.4) is 0 Å². The first-order valence-electron chi connectivity index (χ1n) is 8.81. The topological polar surface area (TPSA) is 86.5 Å². The van der Waals surface area contributed by atoms with Crippen molar-refractivity contribution in [1.82, 2.24) is 4.98 Å². The molecule has 0 saturated carbocycles. The zero-order valence-corrected chi connectivity index (χ0v) is 16.1. The van der Waals surface area contributed by atoms with Gasteiger partial charge in [0.2, 0.25) is 6.79 Å². The molecule has 0 bridgehead atoms. The van der Waals surface area contributed by atoms with Crippen LogP contribution in [0.5, 0.6) is 11.5 Å². The van der Waals surface area contributed by atoms with Crippen molar-refractivity contribution in [3.05, 3.63) is 52.4 Å². The lowest BCUT2D eigenvalue weighted by molar-refractivity contribution is 0.103. The van der Waals surface area contributed by atoms with Crippen LogP contribution < -0.4 is 20.5 Å². The molecule has 1 aliphatic heterocycles. The standard InChI is InChI=1S/C21H17N3O3S/c1-10-4-3-5-11(2)18(10)24-20(25)19-17(22)13-6-12-7-15-16(27-9-26-15)8-14(12)23-21(13)28-19/h3-8H,9,22H2,1-2H3,(H,24,25). The molecule has 2 aromatic carbocycles. The second kappa shape index (κ2) is 6.10. The average molecular weight is 391 g/mol. The number of aromatic nitrogens is 1. The highest BCUT2D eigenvalue weighted by Gasteiger charge is 2.21. The van der Waals surface area contributed by atoms with Crippen LogP contribution in [0.25, 0.3) is 21.1 Å². The first kappa shape index (κ1) is 16.8. The van der Waals surface area contributed by atoms with Crippen LogP contribution in [0.15, 0.2) is 36.4 Å². The highest BCUT2D eigenvalue weighted by Crippen LogP contribution is 2.40. The number of para-hydroxylation sites is 1. The largest absolute Gasteiger partial charge is 0.454 e. The number of nitrogen functional groups attached to an aromatic ring is 1. The molecule has 0 saturated heterocycles. The summed E-state index contributed by atoms with van der Waals surface area (Å²) in [5, 5.41) is 4.66. The number of anilines is 2. The summed E-state index contributed by atoms with van der Waals surface area (Å²) in [6.07, 6.45) is 0. The number of pyridine rings is 1. The molecule has 0 fully saturated rings. The van der Waals surface area contributed by atoms with Gasteiger partial charge in [0.15, 0.2) is 11.5 Å². The third-order valence-corrected chi connectivity index (χ3v) is 6.05. The fourth-order valence-corrected chi connectivity index (χ4v) is 4.42. The van der Waals surface area contributed by atoms with Crippen LogP contribution in [-0.2, 0) is 0 Å². The van der Waals surface area contributed by atoms with Gasteiger partial charge in [0.05, 0.1) is 11.2 Å². The van der Waals surface area contributed by atoms with Crippen LogP contribution in [0.1, 0.15) is 20.8 Å². The summed E-state index contributed by atoms with van der Waals surface area (Å²) in [6, 6.07) is 11.6. The zero-order valence-electron chi connectivity index (χ0n) is 15.3. The molecule has 0 atom stereocenters. The number of aryl methyl sites for hydroxylation is 2. The van der Waals surface area contributed by atoms with E-state index in [4.69, 9.17) is 15.2 Å². The number of rotatable bonds is 2. The Hall–Kier alpha value is -3.32. The Morgan fingerprint density at radius 1 is 1.14 bits per heavy atom. The third-order valence-electron chi connectivity index (χ3n) is 4.93. The number of carbonyl (C=O) groups excluding carboxylic acids is 1. The first-order chi connectivity index (χ1) is 13.5. The molecule has 7 heteroatoms. The van der Waals surface area contributed by atoms with Crippen LogP contribution in [0, 0.1) is 13.8 Å². The summed E-state index contributed by atoms with van der Waals surface area (Å²) in [5.41, 5.74) is 10.4. The zero-order chi connectivity index (χ0) is 19.4. The van der Waals surface area contributed by atoms with E-state index >= 15 is 0 Å². The molecule has 28 heavy (non-hydrogen) atoms. The van der Waals surface area contributed by atoms with Gasteiger partial charge in [-0.1, -0.05) is 18.2 Å². The van der Waals surface area contributed by atoms with Crippen molar-refractivity contribution in [2.45, 2.75) is 13.8 Å². The van der Waals surface area contributed by atoms with E-state index in [0.717, 1.165) is 37.9 Å². The molecule has 4 aromatic rings. The Morgan fingerprint density at radius 3 is 2.61 bits per heavy atom. The van der Waals surface area contributed by atoms with E-state index in [-0.39, 0.29) is 12.7 Å². The van der Waals surface area contributed by atoms with E-state index in [1.807, 2.05) is 50.2 Å². The van der Waals surface area contributed by atoms with Crippen molar-refractivity contribution in [2.75, 3.05) is 17.8 Å². The van der Waals surface area contributed by atoms with Crippen LogP contribution in [0.4, 0.5) is 11.4 Å². The highest BCUT2D eigenvalue weighted by molar-refractivity contribution is 7.21. The van der Waals surface area contributed by atoms with Crippen LogP contribution in [-0.4, -0.2) is 17.7 Å². The Morgan fingerprint density at radius 2 is 1.86 bits per heavy atom. The molecule has 3 N–H and O–H groups in total. The number of amides is 1. The smallest absolute Gasteiger partial charge is 0.267 e. The molecular formula is C21H17N3O3S. The minimum absolute atomic E-state index is 0.213. The summed E-state index contributed by atoms with van der Waals surface area (Å²) >= 11 is 1.29. The maximum absolute atomic E-state index is 12.9. The molecule has 0 unspecified atom stereocenters. The van der Waals surface area contributed by atoms with Gasteiger partial charge >= 0.3 is 0 Å². The molecule has 0 radical (unpaired) electrons. The van der Waals surface area contributed by atoms with Crippen molar-refractivity contribution in [1.29, 1.82) is 0 Å². The van der Waals surface area contributed by atoms with E-state index in [0.29, 0.717) is 22.1 Å². The summed E-state index contributed by atoms with van der Waals surface area (Å²) in [5.74, 6) is 1.14. The van der Waals surface area contributed by atoms with E-state index in [9.17, 15) is 4.79 Å². The van der Waals surface area contributed by atoms with Crippen LogP contribution in [0.2, 0.25) is 0 Å². The van der Waals surface area contributed by atoms with Gasteiger partial charge in [-0.25, -0.2) is 4.98 Å². The number of nitrogens with one attached hydrogen (secondary N) is 1. The number of benzene rings is 2. The maximum atomic E-state index is 12.9. The number of thiophene rings is 1. The van der Waals surface area contributed by atoms with Crippen molar-refractivity contribution in [3.63, 3.8) is 0 Å². The summed E-state index contributed by atoms with van der Waals surface area (Å²) in [7, 11) is 0. The lowest BCUT2D eigenvalue weighted by Crippen LogP contribution is -2.13. The average Bonchev–Trinajstić information content (AvgIpc) is 3.25. The van der Waals surface area contributed by atoms with Gasteiger partial charge in [-0.3, -0.25) is 4.79 Å². The maximum Gasteiger partial charge on any atom is 0.267 e. The Bertz CT molecular complexity index is 1260. The van der Waals surface area contributed by atoms with Crippen molar-refractivity contribution in [2.24, 2.45) is 0 Å². The number of hydrogen-bond acceptors (Lipinski definition) is 6. The monoisotopic (exact) mass is 391 g/mol. The van der Waals surface area contributed by atoms with E-state index in [1.165, 1.54) is 11.3 Å². The fourth-order valence-electron chi connectivity index (χ4n) is 3.44. The Kier molecular flexibility index (Phi) is 3.67. The second-order valence-corrected chi connectivity index (χ2v) is 7.80. The van der Waals surface area contributed by atoms with Crippen LogP contribution >= 0.6 is 11.3 Å². The van der Waals surface area contributed by atoms with Gasteiger partial charge in [0.1, 0.15) is 9.71 Å². The number of carbonyl (C=O) groups is 1. The molecular weight excluding hydrogens is 374 g/mol. The predicted molar refractivity (Wildman–Crippen MR) is 112 cm³/mol. The molecule has 0 spiro atoms.